The fourth-order valence-electron chi connectivity index (χ4n) is 3.01. The average Bonchev–Trinajstić information content (AvgIpc) is 3.11. The van der Waals surface area contributed by atoms with Crippen LogP contribution in [0, 0.1) is 0 Å². The van der Waals surface area contributed by atoms with Crippen molar-refractivity contribution in [3.63, 3.8) is 0 Å². The van der Waals surface area contributed by atoms with Crippen LogP contribution in [0.25, 0.3) is 0 Å². The number of nitrogens with one attached hydrogen (secondary N) is 1. The molecule has 1 aromatic heterocycles. The molecule has 1 aliphatic rings. The van der Waals surface area contributed by atoms with E-state index < -0.39 is 0 Å². The zero-order valence-electron chi connectivity index (χ0n) is 15.0. The molecule has 7 heteroatoms. The lowest BCUT2D eigenvalue weighted by atomic mass is 10.0. The Kier molecular flexibility index (Phi) is 6.56. The van der Waals surface area contributed by atoms with Crippen LogP contribution in [0.15, 0.2) is 30.5 Å². The number of rotatable bonds is 4. The van der Waals surface area contributed by atoms with Crippen LogP contribution in [-0.2, 0) is 0 Å². The Balaban J connectivity index is 0.00000225. The second-order valence-electron chi connectivity index (χ2n) is 6.68. The molecule has 0 atom stereocenters. The van der Waals surface area contributed by atoms with Gasteiger partial charge in [-0.1, -0.05) is 31.2 Å². The molecule has 1 N–H and O–H groups in total. The number of hydrogen-bond donors (Lipinski definition) is 1. The summed E-state index contributed by atoms with van der Waals surface area (Å²) in [5, 5.41) is 11.6. The van der Waals surface area contributed by atoms with Crippen molar-refractivity contribution in [3.05, 3.63) is 41.7 Å². The summed E-state index contributed by atoms with van der Waals surface area (Å²) in [5.74, 6) is 0.297. The van der Waals surface area contributed by atoms with Gasteiger partial charge in [-0.3, -0.25) is 4.79 Å². The van der Waals surface area contributed by atoms with Crippen molar-refractivity contribution in [2.45, 2.75) is 38.6 Å². The van der Waals surface area contributed by atoms with Crippen molar-refractivity contribution in [2.24, 2.45) is 0 Å². The number of piperidine rings is 1. The minimum Gasteiger partial charge on any atom is -0.317 e. The quantitative estimate of drug-likeness (QED) is 0.906. The van der Waals surface area contributed by atoms with Crippen molar-refractivity contribution in [1.82, 2.24) is 20.3 Å². The highest BCUT2D eigenvalue weighted by molar-refractivity contribution is 6.04. The van der Waals surface area contributed by atoms with Gasteiger partial charge >= 0.3 is 0 Å². The second kappa shape index (κ2) is 8.45. The third kappa shape index (κ3) is 4.38. The van der Waals surface area contributed by atoms with Gasteiger partial charge in [-0.05, 0) is 49.5 Å². The summed E-state index contributed by atoms with van der Waals surface area (Å²) in [4.78, 5) is 14.4. The summed E-state index contributed by atoms with van der Waals surface area (Å²) in [6.45, 7) is 6.25. The molecule has 2 aromatic rings. The van der Waals surface area contributed by atoms with E-state index in [9.17, 15) is 4.79 Å². The monoisotopic (exact) mass is 363 g/mol. The molecule has 0 radical (unpaired) electrons. The molecule has 1 saturated heterocycles. The molecular formula is C18H26ClN5O. The number of carbonyl (C=O) groups excluding carboxylic acids is 1. The molecule has 0 spiro atoms. The molecule has 0 unspecified atom stereocenters. The van der Waals surface area contributed by atoms with Gasteiger partial charge in [-0.2, -0.15) is 0 Å². The van der Waals surface area contributed by atoms with Gasteiger partial charge in [-0.15, -0.1) is 17.5 Å². The van der Waals surface area contributed by atoms with Gasteiger partial charge in [0.1, 0.15) is 0 Å². The number of amides is 1. The van der Waals surface area contributed by atoms with E-state index in [4.69, 9.17) is 0 Å². The maximum Gasteiger partial charge on any atom is 0.280 e. The molecule has 2 heterocycles. The Morgan fingerprint density at radius 3 is 2.72 bits per heavy atom. The van der Waals surface area contributed by atoms with Crippen LogP contribution < -0.4 is 10.2 Å². The van der Waals surface area contributed by atoms with Crippen LogP contribution in [0.1, 0.15) is 54.7 Å². The van der Waals surface area contributed by atoms with Crippen molar-refractivity contribution in [2.75, 3.05) is 25.0 Å². The van der Waals surface area contributed by atoms with Crippen molar-refractivity contribution in [1.29, 1.82) is 0 Å². The van der Waals surface area contributed by atoms with Gasteiger partial charge in [0.25, 0.3) is 5.91 Å². The minimum atomic E-state index is -0.129. The van der Waals surface area contributed by atoms with Crippen molar-refractivity contribution in [3.8, 4) is 0 Å². The Hall–Kier alpha value is -1.92. The van der Waals surface area contributed by atoms with Crippen LogP contribution in [0.4, 0.5) is 5.69 Å². The van der Waals surface area contributed by atoms with Crippen LogP contribution in [0.5, 0.6) is 0 Å². The number of aromatic nitrogens is 3. The predicted molar refractivity (Wildman–Crippen MR) is 102 cm³/mol. The molecular weight excluding hydrogens is 338 g/mol. The maximum atomic E-state index is 12.7. The van der Waals surface area contributed by atoms with Gasteiger partial charge in [-0.25, -0.2) is 4.68 Å². The van der Waals surface area contributed by atoms with E-state index in [0.29, 0.717) is 17.7 Å². The highest BCUT2D eigenvalue weighted by Gasteiger charge is 2.21. The molecule has 1 fully saturated rings. The van der Waals surface area contributed by atoms with Gasteiger partial charge in [0.15, 0.2) is 5.69 Å². The Labute approximate surface area is 155 Å². The highest BCUT2D eigenvalue weighted by Crippen LogP contribution is 2.22. The summed E-state index contributed by atoms with van der Waals surface area (Å²) in [6.07, 6.45) is 3.81. The van der Waals surface area contributed by atoms with E-state index in [1.807, 2.05) is 16.8 Å². The van der Waals surface area contributed by atoms with Crippen LogP contribution in [0.3, 0.4) is 0 Å². The fraction of sp³-hybridized carbons (Fsp3) is 0.500. The molecule has 1 aromatic carbocycles. The van der Waals surface area contributed by atoms with Crippen LogP contribution in [0.2, 0.25) is 0 Å². The van der Waals surface area contributed by atoms with E-state index in [-0.39, 0.29) is 18.3 Å². The summed E-state index contributed by atoms with van der Waals surface area (Å²) in [5.41, 5.74) is 2.49. The first-order chi connectivity index (χ1) is 11.6. The Bertz CT molecular complexity index is 709. The lowest BCUT2D eigenvalue weighted by Gasteiger charge is -2.22. The molecule has 1 amide bonds. The molecule has 136 valence electrons. The van der Waals surface area contributed by atoms with Gasteiger partial charge in [0.2, 0.25) is 0 Å². The molecule has 6 nitrogen and oxygen atoms in total. The number of nitrogens with zero attached hydrogens (tertiary/aromatic N) is 4. The molecule has 25 heavy (non-hydrogen) atoms. The molecule has 0 bridgehead atoms. The van der Waals surface area contributed by atoms with E-state index in [0.717, 1.165) is 31.6 Å². The third-order valence-electron chi connectivity index (χ3n) is 4.64. The highest BCUT2D eigenvalue weighted by atomic mass is 35.5. The first-order valence-corrected chi connectivity index (χ1v) is 8.57. The average molecular weight is 364 g/mol. The molecule has 1 aliphatic heterocycles. The van der Waals surface area contributed by atoms with Crippen LogP contribution >= 0.6 is 12.4 Å². The number of hydrogen-bond acceptors (Lipinski definition) is 4. The summed E-state index contributed by atoms with van der Waals surface area (Å²) >= 11 is 0. The first-order valence-electron chi connectivity index (χ1n) is 8.57. The molecule has 3 rings (SSSR count). The smallest absolute Gasteiger partial charge is 0.280 e. The predicted octanol–water partition coefficient (Wildman–Crippen LogP) is 3.02. The Morgan fingerprint density at radius 1 is 1.32 bits per heavy atom. The van der Waals surface area contributed by atoms with E-state index in [2.05, 4.69) is 41.6 Å². The van der Waals surface area contributed by atoms with Crippen molar-refractivity contribution >= 4 is 24.0 Å². The topological polar surface area (TPSA) is 63.1 Å². The second-order valence-corrected chi connectivity index (χ2v) is 6.68. The summed E-state index contributed by atoms with van der Waals surface area (Å²) < 4.78 is 1.84. The number of benzene rings is 1. The number of halogens is 1. The van der Waals surface area contributed by atoms with Gasteiger partial charge in [0, 0.05) is 12.7 Å². The standard InChI is InChI=1S/C18H25N5O.ClH/c1-13(2)14-5-4-6-16(11-14)22(3)18(24)17-12-23(21-20-17)15-7-9-19-10-8-15;/h4-6,11-13,15,19H,7-10H2,1-3H3;1H. The summed E-state index contributed by atoms with van der Waals surface area (Å²) in [7, 11) is 1.78. The van der Waals surface area contributed by atoms with Crippen molar-refractivity contribution < 1.29 is 4.79 Å². The van der Waals surface area contributed by atoms with E-state index in [1.54, 1.807) is 18.1 Å². The van der Waals surface area contributed by atoms with E-state index in [1.165, 1.54) is 5.56 Å². The lowest BCUT2D eigenvalue weighted by Crippen LogP contribution is -2.29. The van der Waals surface area contributed by atoms with Crippen LogP contribution in [-0.4, -0.2) is 41.0 Å². The van der Waals surface area contributed by atoms with Gasteiger partial charge in [0.05, 0.1) is 12.2 Å². The normalized spacial score (nSPS) is 15.0. The third-order valence-corrected chi connectivity index (χ3v) is 4.64. The SMILES string of the molecule is CC(C)c1cccc(N(C)C(=O)c2cn(C3CCNCC3)nn2)c1.Cl. The first kappa shape index (κ1) is 19.4. The number of carbonyl (C=O) groups is 1. The zero-order chi connectivity index (χ0) is 17.1. The van der Waals surface area contributed by atoms with Gasteiger partial charge < -0.3 is 10.2 Å². The Morgan fingerprint density at radius 2 is 2.04 bits per heavy atom. The minimum absolute atomic E-state index is 0. The lowest BCUT2D eigenvalue weighted by molar-refractivity contribution is 0.0988. The fourth-order valence-corrected chi connectivity index (χ4v) is 3.01. The summed E-state index contributed by atoms with van der Waals surface area (Å²) in [6, 6.07) is 8.40. The molecule has 0 saturated carbocycles. The zero-order valence-corrected chi connectivity index (χ0v) is 15.8. The number of anilines is 1. The largest absolute Gasteiger partial charge is 0.317 e. The molecule has 0 aliphatic carbocycles. The maximum absolute atomic E-state index is 12.7. The van der Waals surface area contributed by atoms with E-state index >= 15 is 0 Å².